The summed E-state index contributed by atoms with van der Waals surface area (Å²) in [6.07, 6.45) is 3.93. The van der Waals surface area contributed by atoms with E-state index in [1.807, 2.05) is 61.5 Å². The van der Waals surface area contributed by atoms with Gasteiger partial charge in [-0.2, -0.15) is 0 Å². The van der Waals surface area contributed by atoms with Gasteiger partial charge >= 0.3 is 5.97 Å². The fourth-order valence-electron chi connectivity index (χ4n) is 4.50. The Morgan fingerprint density at radius 2 is 1.86 bits per heavy atom. The predicted octanol–water partition coefficient (Wildman–Crippen LogP) is 6.22. The number of carboxylic acid groups (broad SMARTS) is 1. The van der Waals surface area contributed by atoms with Crippen molar-refractivity contribution in [1.29, 1.82) is 0 Å². The van der Waals surface area contributed by atoms with Gasteiger partial charge in [-0.25, -0.2) is 12.4 Å². The van der Waals surface area contributed by atoms with Crippen molar-refractivity contribution in [3.63, 3.8) is 0 Å². The van der Waals surface area contributed by atoms with Gasteiger partial charge in [-0.05, 0) is 53.6 Å². The highest BCUT2D eigenvalue weighted by atomic mass is 32.2. The summed E-state index contributed by atoms with van der Waals surface area (Å²) in [5, 5.41) is 12.1. The smallest absolute Gasteiger partial charge is 0.303 e. The molecule has 1 unspecified atom stereocenters. The van der Waals surface area contributed by atoms with Crippen molar-refractivity contribution < 1.29 is 18.3 Å². The Bertz CT molecular complexity index is 1550. The van der Waals surface area contributed by atoms with Crippen molar-refractivity contribution in [2.24, 2.45) is 0 Å². The molecule has 2 heterocycles. The Labute approximate surface area is 209 Å². The highest BCUT2D eigenvalue weighted by molar-refractivity contribution is 8.02. The van der Waals surface area contributed by atoms with E-state index in [4.69, 9.17) is 0 Å². The van der Waals surface area contributed by atoms with Gasteiger partial charge in [0.15, 0.2) is 0 Å². The van der Waals surface area contributed by atoms with Gasteiger partial charge in [-0.3, -0.25) is 4.79 Å². The molecular weight excluding hydrogens is 478 g/mol. The summed E-state index contributed by atoms with van der Waals surface area (Å²) in [6.45, 7) is 1.99. The summed E-state index contributed by atoms with van der Waals surface area (Å²) >= 11 is 1.75. The Morgan fingerprint density at radius 3 is 2.57 bits per heavy atom. The van der Waals surface area contributed by atoms with Crippen LogP contribution in [0, 0.1) is 6.92 Å². The van der Waals surface area contributed by atoms with Crippen LogP contribution in [0.25, 0.3) is 22.0 Å². The van der Waals surface area contributed by atoms with Crippen LogP contribution in [0.5, 0.6) is 0 Å². The summed E-state index contributed by atoms with van der Waals surface area (Å²) in [7, 11) is -3.95. The first kappa shape index (κ1) is 23.5. The molecule has 5 rings (SSSR count). The van der Waals surface area contributed by atoms with Crippen LogP contribution in [-0.4, -0.2) is 29.2 Å². The van der Waals surface area contributed by atoms with Crippen LogP contribution in [0.2, 0.25) is 0 Å². The highest BCUT2D eigenvalue weighted by Gasteiger charge is 2.25. The second-order valence-electron chi connectivity index (χ2n) is 8.76. The van der Waals surface area contributed by atoms with E-state index in [1.165, 1.54) is 3.97 Å². The molecule has 0 spiro atoms. The maximum Gasteiger partial charge on any atom is 0.303 e. The number of carboxylic acids is 1. The zero-order chi connectivity index (χ0) is 24.6. The molecule has 0 saturated heterocycles. The Balaban J connectivity index is 1.67. The van der Waals surface area contributed by atoms with E-state index in [0.717, 1.165) is 33.4 Å². The zero-order valence-electron chi connectivity index (χ0n) is 19.2. The first-order valence-electron chi connectivity index (χ1n) is 11.4. The standard InChI is InChI=1S/C28H25NO4S2/c1-19-6-8-20(9-7-19)24-4-2-3-5-27(24)35(32,33)29-17-22(11-13-28(30)31)25-16-21(10-12-26(25)29)23-14-15-34-18-23/h2-10,12,14-17,23H,11,13,18H2,1H3,(H,30,31). The Morgan fingerprint density at radius 1 is 1.09 bits per heavy atom. The van der Waals surface area contributed by atoms with Gasteiger partial charge in [0, 0.05) is 35.2 Å². The molecular formula is C28H25NO4S2. The molecule has 7 heteroatoms. The third-order valence-corrected chi connectivity index (χ3v) is 9.02. The van der Waals surface area contributed by atoms with Crippen molar-refractivity contribution in [1.82, 2.24) is 3.97 Å². The van der Waals surface area contributed by atoms with Gasteiger partial charge in [0.25, 0.3) is 10.0 Å². The predicted molar refractivity (Wildman–Crippen MR) is 141 cm³/mol. The number of carbonyl (C=O) groups is 1. The first-order chi connectivity index (χ1) is 16.8. The lowest BCUT2D eigenvalue weighted by Crippen LogP contribution is -2.13. The van der Waals surface area contributed by atoms with Crippen molar-refractivity contribution in [3.05, 3.63) is 101 Å². The Hall–Kier alpha value is -3.29. The lowest BCUT2D eigenvalue weighted by molar-refractivity contribution is -0.136. The average molecular weight is 504 g/mol. The fraction of sp³-hybridized carbons (Fsp3) is 0.179. The van der Waals surface area contributed by atoms with E-state index in [9.17, 15) is 18.3 Å². The lowest BCUT2D eigenvalue weighted by Gasteiger charge is -2.13. The van der Waals surface area contributed by atoms with Crippen molar-refractivity contribution in [3.8, 4) is 11.1 Å². The third kappa shape index (κ3) is 4.54. The van der Waals surface area contributed by atoms with Crippen LogP contribution < -0.4 is 0 Å². The Kier molecular flexibility index (Phi) is 6.30. The number of allylic oxidation sites excluding steroid dienone is 1. The molecule has 1 aliphatic heterocycles. The number of rotatable bonds is 7. The second-order valence-corrected chi connectivity index (χ2v) is 11.5. The van der Waals surface area contributed by atoms with E-state index in [-0.39, 0.29) is 23.7 Å². The minimum absolute atomic E-state index is 0.0669. The highest BCUT2D eigenvalue weighted by Crippen LogP contribution is 2.36. The number of aliphatic carboxylic acids is 1. The molecule has 0 amide bonds. The topological polar surface area (TPSA) is 76.4 Å². The molecule has 0 fully saturated rings. The molecule has 0 aliphatic carbocycles. The minimum atomic E-state index is -3.95. The molecule has 1 aliphatic rings. The van der Waals surface area contributed by atoms with Gasteiger partial charge in [-0.1, -0.05) is 60.2 Å². The molecule has 178 valence electrons. The maximum absolute atomic E-state index is 14.0. The van der Waals surface area contributed by atoms with Crippen LogP contribution in [0.4, 0.5) is 0 Å². The molecule has 35 heavy (non-hydrogen) atoms. The van der Waals surface area contributed by atoms with Crippen molar-refractivity contribution >= 4 is 38.7 Å². The van der Waals surface area contributed by atoms with Crippen LogP contribution >= 0.6 is 11.8 Å². The second kappa shape index (κ2) is 9.40. The lowest BCUT2D eigenvalue weighted by atomic mass is 9.98. The monoisotopic (exact) mass is 503 g/mol. The number of hydrogen-bond acceptors (Lipinski definition) is 4. The number of fused-ring (bicyclic) bond motifs is 1. The van der Waals surface area contributed by atoms with Crippen molar-refractivity contribution in [2.75, 3.05) is 5.75 Å². The number of thioether (sulfide) groups is 1. The van der Waals surface area contributed by atoms with Crippen LogP contribution in [0.1, 0.15) is 29.0 Å². The van der Waals surface area contributed by atoms with Gasteiger partial charge < -0.3 is 5.11 Å². The van der Waals surface area contributed by atoms with Crippen LogP contribution in [0.3, 0.4) is 0 Å². The first-order valence-corrected chi connectivity index (χ1v) is 13.9. The van der Waals surface area contributed by atoms with E-state index < -0.39 is 16.0 Å². The quantitative estimate of drug-likeness (QED) is 0.324. The fourth-order valence-corrected chi connectivity index (χ4v) is 7.03. The summed E-state index contributed by atoms with van der Waals surface area (Å²) in [5.74, 6) is 0.294. The summed E-state index contributed by atoms with van der Waals surface area (Å²) < 4.78 is 29.4. The van der Waals surface area contributed by atoms with E-state index >= 15 is 0 Å². The van der Waals surface area contributed by atoms with Crippen LogP contribution in [0.15, 0.2) is 89.3 Å². The number of hydrogen-bond donors (Lipinski definition) is 1. The number of nitrogens with zero attached hydrogens (tertiary/aromatic N) is 1. The number of aryl methyl sites for hydroxylation is 2. The minimum Gasteiger partial charge on any atom is -0.481 e. The van der Waals surface area contributed by atoms with Gasteiger partial charge in [0.2, 0.25) is 0 Å². The van der Waals surface area contributed by atoms with E-state index in [0.29, 0.717) is 11.1 Å². The normalized spacial score (nSPS) is 15.6. The number of benzene rings is 3. The third-order valence-electron chi connectivity index (χ3n) is 6.38. The molecule has 3 aromatic carbocycles. The average Bonchev–Trinajstić information content (AvgIpc) is 3.52. The largest absolute Gasteiger partial charge is 0.481 e. The molecule has 4 aromatic rings. The molecule has 0 bridgehead atoms. The zero-order valence-corrected chi connectivity index (χ0v) is 20.9. The molecule has 5 nitrogen and oxygen atoms in total. The van der Waals surface area contributed by atoms with Gasteiger partial charge in [0.05, 0.1) is 10.4 Å². The van der Waals surface area contributed by atoms with Gasteiger partial charge in [0.1, 0.15) is 0 Å². The van der Waals surface area contributed by atoms with E-state index in [1.54, 1.807) is 30.1 Å². The SMILES string of the molecule is Cc1ccc(-c2ccccc2S(=O)(=O)n2cc(CCC(=O)O)c3cc(C4C=CSC4)ccc32)cc1. The van der Waals surface area contributed by atoms with E-state index in [2.05, 4.69) is 11.5 Å². The number of aromatic nitrogens is 1. The van der Waals surface area contributed by atoms with Crippen LogP contribution in [-0.2, 0) is 21.2 Å². The molecule has 0 radical (unpaired) electrons. The molecule has 1 atom stereocenters. The maximum atomic E-state index is 14.0. The summed E-state index contributed by atoms with van der Waals surface area (Å²) in [4.78, 5) is 11.5. The van der Waals surface area contributed by atoms with Crippen molar-refractivity contribution in [2.45, 2.75) is 30.6 Å². The molecule has 1 aromatic heterocycles. The molecule has 0 saturated carbocycles. The molecule has 1 N–H and O–H groups in total. The summed E-state index contributed by atoms with van der Waals surface area (Å²) in [6, 6.07) is 20.6. The summed E-state index contributed by atoms with van der Waals surface area (Å²) in [5.41, 5.74) is 4.93. The van der Waals surface area contributed by atoms with Gasteiger partial charge in [-0.15, -0.1) is 11.8 Å².